The highest BCUT2D eigenvalue weighted by Crippen LogP contribution is 2.18. The van der Waals surface area contributed by atoms with Crippen molar-refractivity contribution in [3.63, 3.8) is 0 Å². The molecule has 1 aromatic heterocycles. The first-order valence-corrected chi connectivity index (χ1v) is 11.1. The third-order valence-electron chi connectivity index (χ3n) is 4.92. The van der Waals surface area contributed by atoms with Gasteiger partial charge in [0.15, 0.2) is 0 Å². The quantitative estimate of drug-likeness (QED) is 0.593. The van der Waals surface area contributed by atoms with Crippen molar-refractivity contribution in [2.75, 3.05) is 19.6 Å². The molecule has 0 spiro atoms. The van der Waals surface area contributed by atoms with Gasteiger partial charge in [-0.05, 0) is 35.9 Å². The minimum absolute atomic E-state index is 0.0215. The van der Waals surface area contributed by atoms with Crippen LogP contribution in [0.3, 0.4) is 0 Å². The van der Waals surface area contributed by atoms with Crippen molar-refractivity contribution in [3.8, 4) is 5.69 Å². The number of piperazine rings is 1. The Balaban J connectivity index is 1.50. The molecule has 0 atom stereocenters. The molecular weight excluding hydrogens is 418 g/mol. The first kappa shape index (κ1) is 20.8. The summed E-state index contributed by atoms with van der Waals surface area (Å²) in [6, 6.07) is 15.2. The summed E-state index contributed by atoms with van der Waals surface area (Å²) in [4.78, 5) is 24.3. The molecule has 0 bridgehead atoms. The summed E-state index contributed by atoms with van der Waals surface area (Å²) in [5, 5.41) is 9.65. The lowest BCUT2D eigenvalue weighted by molar-refractivity contribution is -0.122. The Hall–Kier alpha value is -3.50. The fourth-order valence-corrected chi connectivity index (χ4v) is 4.78. The minimum atomic E-state index is -3.87. The number of sulfonamides is 1. The van der Waals surface area contributed by atoms with Gasteiger partial charge in [0.2, 0.25) is 15.9 Å². The van der Waals surface area contributed by atoms with Crippen LogP contribution < -0.4 is 10.6 Å². The number of hydrogen-bond acceptors (Lipinski definition) is 5. The number of nitrogens with one attached hydrogen (secondary N) is 2. The molecule has 9 nitrogen and oxygen atoms in total. The van der Waals surface area contributed by atoms with Crippen LogP contribution in [0, 0.1) is 0 Å². The predicted octanol–water partition coefficient (Wildman–Crippen LogP) is 0.923. The summed E-state index contributed by atoms with van der Waals surface area (Å²) in [5.74, 6) is -0.747. The van der Waals surface area contributed by atoms with Gasteiger partial charge in [-0.15, -0.1) is 0 Å². The van der Waals surface area contributed by atoms with E-state index in [9.17, 15) is 18.0 Å². The summed E-state index contributed by atoms with van der Waals surface area (Å²) in [7, 11) is -3.87. The Bertz CT molecular complexity index is 1210. The van der Waals surface area contributed by atoms with E-state index in [0.29, 0.717) is 0 Å². The van der Waals surface area contributed by atoms with Gasteiger partial charge in [0.25, 0.3) is 5.91 Å². The lowest BCUT2D eigenvalue weighted by Gasteiger charge is -2.26. The fraction of sp³-hybridized carbons (Fsp3) is 0.190. The summed E-state index contributed by atoms with van der Waals surface area (Å²) in [6.45, 7) is 0.462. The van der Waals surface area contributed by atoms with Gasteiger partial charge in [0.1, 0.15) is 0 Å². The molecular formula is C21H21N5O4S. The van der Waals surface area contributed by atoms with Crippen molar-refractivity contribution in [3.05, 3.63) is 78.1 Å². The molecule has 1 aliphatic heterocycles. The molecule has 3 aromatic rings. The number of carbonyl (C=O) groups excluding carboxylic acids is 2. The third kappa shape index (κ3) is 4.49. The maximum atomic E-state index is 12.9. The van der Waals surface area contributed by atoms with Gasteiger partial charge in [0.05, 0.1) is 17.1 Å². The smallest absolute Gasteiger partial charge is 0.251 e. The second-order valence-corrected chi connectivity index (χ2v) is 8.92. The van der Waals surface area contributed by atoms with Crippen LogP contribution in [-0.2, 0) is 21.4 Å². The number of rotatable bonds is 6. The van der Waals surface area contributed by atoms with E-state index in [-0.39, 0.29) is 42.5 Å². The number of hydrogen-bond donors (Lipinski definition) is 2. The predicted molar refractivity (Wildman–Crippen MR) is 113 cm³/mol. The number of aromatic nitrogens is 2. The molecule has 0 saturated carbocycles. The molecule has 0 unspecified atom stereocenters. The topological polar surface area (TPSA) is 113 Å². The maximum Gasteiger partial charge on any atom is 0.251 e. The highest BCUT2D eigenvalue weighted by atomic mass is 32.2. The molecule has 2 aromatic carbocycles. The zero-order valence-corrected chi connectivity index (χ0v) is 17.4. The number of amides is 2. The molecule has 2 N–H and O–H groups in total. The van der Waals surface area contributed by atoms with E-state index in [4.69, 9.17) is 0 Å². The van der Waals surface area contributed by atoms with E-state index < -0.39 is 15.9 Å². The second kappa shape index (κ2) is 8.70. The number of benzene rings is 2. The maximum absolute atomic E-state index is 12.9. The van der Waals surface area contributed by atoms with Crippen LogP contribution >= 0.6 is 0 Å². The molecule has 31 heavy (non-hydrogen) atoms. The van der Waals surface area contributed by atoms with Gasteiger partial charge in [-0.2, -0.15) is 9.40 Å². The highest BCUT2D eigenvalue weighted by Gasteiger charge is 2.29. The average Bonchev–Trinajstić information content (AvgIpc) is 3.32. The standard InChI is InChI=1S/C21H21N5O4S/c27-20-15-25(12-10-22-20)31(29,30)18-7-3-6-16(13-18)21(28)23-14-17-5-1-2-8-19(17)26-11-4-9-24-26/h1-9,11,13H,10,12,14-15H2,(H,22,27)(H,23,28). The monoisotopic (exact) mass is 439 g/mol. The van der Waals surface area contributed by atoms with Crippen molar-refractivity contribution in [1.82, 2.24) is 24.7 Å². The van der Waals surface area contributed by atoms with Crippen molar-refractivity contribution in [2.24, 2.45) is 0 Å². The zero-order valence-electron chi connectivity index (χ0n) is 16.6. The lowest BCUT2D eigenvalue weighted by Crippen LogP contribution is -2.49. The van der Waals surface area contributed by atoms with Crippen molar-refractivity contribution in [1.29, 1.82) is 0 Å². The second-order valence-electron chi connectivity index (χ2n) is 6.98. The van der Waals surface area contributed by atoms with Crippen molar-refractivity contribution in [2.45, 2.75) is 11.4 Å². The van der Waals surface area contributed by atoms with Crippen LogP contribution in [0.25, 0.3) is 5.69 Å². The Labute approximate surface area is 179 Å². The first-order valence-electron chi connectivity index (χ1n) is 9.68. The van der Waals surface area contributed by atoms with E-state index >= 15 is 0 Å². The largest absolute Gasteiger partial charge is 0.354 e. The van der Waals surface area contributed by atoms with E-state index in [1.54, 1.807) is 16.9 Å². The van der Waals surface area contributed by atoms with Crippen LogP contribution in [0.2, 0.25) is 0 Å². The van der Waals surface area contributed by atoms with Crippen LogP contribution in [0.15, 0.2) is 71.9 Å². The van der Waals surface area contributed by atoms with Gasteiger partial charge in [-0.1, -0.05) is 24.3 Å². The van der Waals surface area contributed by atoms with Gasteiger partial charge >= 0.3 is 0 Å². The van der Waals surface area contributed by atoms with Crippen LogP contribution in [0.4, 0.5) is 0 Å². The number of nitrogens with zero attached hydrogens (tertiary/aromatic N) is 3. The first-order chi connectivity index (χ1) is 14.9. The van der Waals surface area contributed by atoms with E-state index in [0.717, 1.165) is 15.6 Å². The van der Waals surface area contributed by atoms with Crippen molar-refractivity contribution >= 4 is 21.8 Å². The molecule has 1 aliphatic rings. The van der Waals surface area contributed by atoms with E-state index in [1.165, 1.54) is 18.2 Å². The van der Waals surface area contributed by atoms with Crippen LogP contribution in [0.5, 0.6) is 0 Å². The van der Waals surface area contributed by atoms with Gasteiger partial charge in [0, 0.05) is 37.6 Å². The molecule has 0 radical (unpaired) electrons. The molecule has 2 amide bonds. The van der Waals surface area contributed by atoms with Crippen molar-refractivity contribution < 1.29 is 18.0 Å². The molecule has 1 saturated heterocycles. The minimum Gasteiger partial charge on any atom is -0.354 e. The molecule has 1 fully saturated rings. The van der Waals surface area contributed by atoms with E-state index in [1.807, 2.05) is 36.5 Å². The molecule has 2 heterocycles. The highest BCUT2D eigenvalue weighted by molar-refractivity contribution is 7.89. The molecule has 10 heteroatoms. The third-order valence-corrected chi connectivity index (χ3v) is 6.76. The summed E-state index contributed by atoms with van der Waals surface area (Å²) >= 11 is 0. The van der Waals surface area contributed by atoms with Crippen LogP contribution in [-0.4, -0.2) is 54.0 Å². The Morgan fingerprint density at radius 2 is 1.97 bits per heavy atom. The molecule has 160 valence electrons. The number of carbonyl (C=O) groups is 2. The molecule has 4 rings (SSSR count). The summed E-state index contributed by atoms with van der Waals surface area (Å²) in [5.41, 5.74) is 1.93. The Morgan fingerprint density at radius 3 is 2.74 bits per heavy atom. The fourth-order valence-electron chi connectivity index (χ4n) is 3.34. The van der Waals surface area contributed by atoms with E-state index in [2.05, 4.69) is 15.7 Å². The van der Waals surface area contributed by atoms with Gasteiger partial charge in [-0.25, -0.2) is 13.1 Å². The SMILES string of the molecule is O=C1CN(S(=O)(=O)c2cccc(C(=O)NCc3ccccc3-n3cccn3)c2)CCN1. The zero-order chi connectivity index (χ0) is 21.8. The normalized spacial score (nSPS) is 14.8. The summed E-state index contributed by atoms with van der Waals surface area (Å²) < 4.78 is 28.6. The number of para-hydroxylation sites is 1. The summed E-state index contributed by atoms with van der Waals surface area (Å²) in [6.07, 6.45) is 3.49. The molecule has 0 aliphatic carbocycles. The van der Waals surface area contributed by atoms with Gasteiger partial charge in [-0.3, -0.25) is 9.59 Å². The Morgan fingerprint density at radius 1 is 1.13 bits per heavy atom. The Kier molecular flexibility index (Phi) is 5.83. The van der Waals surface area contributed by atoms with Crippen LogP contribution in [0.1, 0.15) is 15.9 Å². The lowest BCUT2D eigenvalue weighted by atomic mass is 10.1. The average molecular weight is 439 g/mol. The van der Waals surface area contributed by atoms with Gasteiger partial charge < -0.3 is 10.6 Å².